The SMILES string of the molecule is CCCN1C(=O)c2[nH]nc(-c3ccccc3)c2[C@H]1c1cccc(O)c1. The zero-order chi connectivity index (χ0) is 17.4. The van der Waals surface area contributed by atoms with Crippen LogP contribution in [0, 0.1) is 0 Å². The molecule has 3 aromatic rings. The Morgan fingerprint density at radius 2 is 1.96 bits per heavy atom. The van der Waals surface area contributed by atoms with Crippen LogP contribution in [0.4, 0.5) is 0 Å². The van der Waals surface area contributed by atoms with Crippen LogP contribution in [0.5, 0.6) is 5.75 Å². The number of nitrogens with one attached hydrogen (secondary N) is 1. The van der Waals surface area contributed by atoms with E-state index in [0.717, 1.165) is 28.8 Å². The maximum atomic E-state index is 12.9. The second-order valence-corrected chi connectivity index (χ2v) is 6.22. The van der Waals surface area contributed by atoms with Gasteiger partial charge in [0.25, 0.3) is 5.91 Å². The Kier molecular flexibility index (Phi) is 3.76. The van der Waals surface area contributed by atoms with Gasteiger partial charge >= 0.3 is 0 Å². The number of hydrogen-bond donors (Lipinski definition) is 2. The van der Waals surface area contributed by atoms with Gasteiger partial charge in [-0.3, -0.25) is 9.89 Å². The highest BCUT2D eigenvalue weighted by molar-refractivity contribution is 6.00. The van der Waals surface area contributed by atoms with Gasteiger partial charge in [-0.2, -0.15) is 5.10 Å². The van der Waals surface area contributed by atoms with Crippen LogP contribution in [-0.2, 0) is 0 Å². The summed E-state index contributed by atoms with van der Waals surface area (Å²) in [5.41, 5.74) is 4.07. The number of fused-ring (bicyclic) bond motifs is 1. The molecule has 1 amide bonds. The Labute approximate surface area is 145 Å². The van der Waals surface area contributed by atoms with E-state index in [-0.39, 0.29) is 17.7 Å². The zero-order valence-electron chi connectivity index (χ0n) is 13.9. The molecule has 1 atom stereocenters. The van der Waals surface area contributed by atoms with E-state index < -0.39 is 0 Å². The van der Waals surface area contributed by atoms with E-state index in [2.05, 4.69) is 17.1 Å². The number of phenolic OH excluding ortho intramolecular Hbond substituents is 1. The standard InChI is InChI=1S/C20H19N3O2/c1-2-11-23-19(14-9-6-10-15(24)12-14)16-17(13-7-4-3-5-8-13)21-22-18(16)20(23)25/h3-10,12,19,24H,2,11H2,1H3,(H,21,22)/t19-/m1/s1. The first kappa shape index (κ1) is 15.4. The monoisotopic (exact) mass is 333 g/mol. The quantitative estimate of drug-likeness (QED) is 0.764. The van der Waals surface area contributed by atoms with Crippen molar-refractivity contribution in [3.63, 3.8) is 0 Å². The van der Waals surface area contributed by atoms with Crippen molar-refractivity contribution in [2.45, 2.75) is 19.4 Å². The van der Waals surface area contributed by atoms with Gasteiger partial charge in [-0.1, -0.05) is 49.4 Å². The van der Waals surface area contributed by atoms with Crippen molar-refractivity contribution in [3.05, 3.63) is 71.4 Å². The number of rotatable bonds is 4. The van der Waals surface area contributed by atoms with E-state index in [9.17, 15) is 9.90 Å². The fourth-order valence-electron chi connectivity index (χ4n) is 3.53. The zero-order valence-corrected chi connectivity index (χ0v) is 13.9. The molecule has 1 aliphatic rings. The summed E-state index contributed by atoms with van der Waals surface area (Å²) >= 11 is 0. The second kappa shape index (κ2) is 6.09. The van der Waals surface area contributed by atoms with Crippen molar-refractivity contribution in [3.8, 4) is 17.0 Å². The molecule has 2 N–H and O–H groups in total. The minimum Gasteiger partial charge on any atom is -0.508 e. The topological polar surface area (TPSA) is 69.2 Å². The second-order valence-electron chi connectivity index (χ2n) is 6.22. The molecular weight excluding hydrogens is 314 g/mol. The van der Waals surface area contributed by atoms with Gasteiger partial charge in [-0.25, -0.2) is 0 Å². The lowest BCUT2D eigenvalue weighted by Gasteiger charge is -2.26. The first-order valence-corrected chi connectivity index (χ1v) is 8.44. The molecule has 1 aromatic heterocycles. The highest BCUT2D eigenvalue weighted by Crippen LogP contribution is 2.43. The van der Waals surface area contributed by atoms with Gasteiger partial charge in [0.2, 0.25) is 0 Å². The Hall–Kier alpha value is -3.08. The first-order chi connectivity index (χ1) is 12.2. The maximum absolute atomic E-state index is 12.9. The number of benzene rings is 2. The summed E-state index contributed by atoms with van der Waals surface area (Å²) in [6.07, 6.45) is 0.861. The number of aromatic amines is 1. The summed E-state index contributed by atoms with van der Waals surface area (Å²) in [4.78, 5) is 14.7. The van der Waals surface area contributed by atoms with Gasteiger partial charge in [0.1, 0.15) is 11.4 Å². The number of aromatic nitrogens is 2. The summed E-state index contributed by atoms with van der Waals surface area (Å²) in [6, 6.07) is 16.7. The number of phenols is 1. The van der Waals surface area contributed by atoms with Crippen LogP contribution in [0.25, 0.3) is 11.3 Å². The summed E-state index contributed by atoms with van der Waals surface area (Å²) in [7, 11) is 0. The van der Waals surface area contributed by atoms with Gasteiger partial charge < -0.3 is 10.0 Å². The molecule has 0 spiro atoms. The fourth-order valence-corrected chi connectivity index (χ4v) is 3.53. The summed E-state index contributed by atoms with van der Waals surface area (Å²) in [5.74, 6) is 0.152. The van der Waals surface area contributed by atoms with Crippen LogP contribution in [-0.4, -0.2) is 32.7 Å². The first-order valence-electron chi connectivity index (χ1n) is 8.44. The summed E-state index contributed by atoms with van der Waals surface area (Å²) < 4.78 is 0. The highest BCUT2D eigenvalue weighted by atomic mass is 16.3. The van der Waals surface area contributed by atoms with Crippen LogP contribution in [0.1, 0.15) is 41.0 Å². The Morgan fingerprint density at radius 1 is 1.16 bits per heavy atom. The Morgan fingerprint density at radius 3 is 2.68 bits per heavy atom. The van der Waals surface area contributed by atoms with E-state index in [1.165, 1.54) is 0 Å². The lowest BCUT2D eigenvalue weighted by atomic mass is 9.96. The lowest BCUT2D eigenvalue weighted by Crippen LogP contribution is -2.30. The lowest BCUT2D eigenvalue weighted by molar-refractivity contribution is 0.0743. The molecule has 0 saturated carbocycles. The van der Waals surface area contributed by atoms with Crippen molar-refractivity contribution < 1.29 is 9.90 Å². The van der Waals surface area contributed by atoms with Gasteiger partial charge in [0, 0.05) is 17.7 Å². The third kappa shape index (κ3) is 2.48. The summed E-state index contributed by atoms with van der Waals surface area (Å²) in [5, 5.41) is 17.3. The smallest absolute Gasteiger partial charge is 0.273 e. The molecule has 2 aromatic carbocycles. The van der Waals surface area contributed by atoms with Crippen LogP contribution in [0.15, 0.2) is 54.6 Å². The third-order valence-electron chi connectivity index (χ3n) is 4.56. The molecule has 5 nitrogen and oxygen atoms in total. The maximum Gasteiger partial charge on any atom is 0.273 e. The summed E-state index contributed by atoms with van der Waals surface area (Å²) in [6.45, 7) is 2.70. The molecule has 126 valence electrons. The molecule has 0 saturated heterocycles. The van der Waals surface area contributed by atoms with Crippen LogP contribution in [0.3, 0.4) is 0 Å². The van der Waals surface area contributed by atoms with Crippen LogP contribution in [0.2, 0.25) is 0 Å². The van der Waals surface area contributed by atoms with Crippen molar-refractivity contribution in [2.75, 3.05) is 6.54 Å². The number of H-pyrrole nitrogens is 1. The van der Waals surface area contributed by atoms with Gasteiger partial charge in [0.15, 0.2) is 0 Å². The van der Waals surface area contributed by atoms with Crippen molar-refractivity contribution in [2.24, 2.45) is 0 Å². The predicted molar refractivity (Wildman–Crippen MR) is 95.3 cm³/mol. The van der Waals surface area contributed by atoms with Crippen molar-refractivity contribution >= 4 is 5.91 Å². The molecule has 5 heteroatoms. The molecule has 1 aliphatic heterocycles. The molecule has 2 heterocycles. The Bertz CT molecular complexity index is 918. The minimum absolute atomic E-state index is 0.0418. The van der Waals surface area contributed by atoms with Gasteiger partial charge in [0.05, 0.1) is 11.7 Å². The molecular formula is C20H19N3O2. The molecule has 4 rings (SSSR count). The minimum atomic E-state index is -0.247. The molecule has 0 fully saturated rings. The molecule has 0 radical (unpaired) electrons. The molecule has 0 bridgehead atoms. The largest absolute Gasteiger partial charge is 0.508 e. The molecule has 0 aliphatic carbocycles. The highest BCUT2D eigenvalue weighted by Gasteiger charge is 2.41. The number of amides is 1. The number of nitrogens with zero attached hydrogens (tertiary/aromatic N) is 2. The van der Waals surface area contributed by atoms with Crippen molar-refractivity contribution in [1.82, 2.24) is 15.1 Å². The van der Waals surface area contributed by atoms with E-state index in [0.29, 0.717) is 12.2 Å². The Balaban J connectivity index is 1.91. The average Bonchev–Trinajstić information content (AvgIpc) is 3.16. The van der Waals surface area contributed by atoms with Crippen LogP contribution >= 0.6 is 0 Å². The fraction of sp³-hybridized carbons (Fsp3) is 0.200. The number of carbonyl (C=O) groups is 1. The van der Waals surface area contributed by atoms with Gasteiger partial charge in [-0.15, -0.1) is 0 Å². The number of hydrogen-bond acceptors (Lipinski definition) is 3. The average molecular weight is 333 g/mol. The van der Waals surface area contributed by atoms with Crippen LogP contribution < -0.4 is 0 Å². The number of aromatic hydroxyl groups is 1. The van der Waals surface area contributed by atoms with E-state index in [4.69, 9.17) is 0 Å². The predicted octanol–water partition coefficient (Wildman–Crippen LogP) is 3.74. The number of carbonyl (C=O) groups excluding carboxylic acids is 1. The van der Waals surface area contributed by atoms with Crippen molar-refractivity contribution in [1.29, 1.82) is 0 Å². The molecule has 25 heavy (non-hydrogen) atoms. The van der Waals surface area contributed by atoms with E-state index >= 15 is 0 Å². The van der Waals surface area contributed by atoms with Gasteiger partial charge in [-0.05, 0) is 24.1 Å². The third-order valence-corrected chi connectivity index (χ3v) is 4.56. The van der Waals surface area contributed by atoms with E-state index in [1.807, 2.05) is 41.3 Å². The molecule has 0 unspecified atom stereocenters. The normalized spacial score (nSPS) is 16.3. The van der Waals surface area contributed by atoms with E-state index in [1.54, 1.807) is 18.2 Å².